The molecular weight excluding hydrogens is 320 g/mol. The summed E-state index contributed by atoms with van der Waals surface area (Å²) in [5.41, 5.74) is 2.25. The minimum Gasteiger partial charge on any atom is -0.493 e. The van der Waals surface area contributed by atoms with Gasteiger partial charge in [-0.3, -0.25) is 4.79 Å². The number of hydrogen-bond acceptors (Lipinski definition) is 5. The van der Waals surface area contributed by atoms with Crippen LogP contribution in [0.25, 0.3) is 22.3 Å². The third-order valence-electron chi connectivity index (χ3n) is 4.17. The van der Waals surface area contributed by atoms with Crippen LogP contribution in [0.5, 0.6) is 17.2 Å². The molecule has 1 aromatic heterocycles. The maximum atomic E-state index is 12.7. The Labute approximate surface area is 145 Å². The van der Waals surface area contributed by atoms with Crippen LogP contribution in [0.1, 0.15) is 12.5 Å². The fourth-order valence-electron chi connectivity index (χ4n) is 2.83. The third kappa shape index (κ3) is 2.93. The molecule has 0 saturated heterocycles. The normalized spacial score (nSPS) is 10.7. The predicted molar refractivity (Wildman–Crippen MR) is 97.0 cm³/mol. The van der Waals surface area contributed by atoms with Gasteiger partial charge < -0.3 is 18.6 Å². The van der Waals surface area contributed by atoms with Gasteiger partial charge >= 0.3 is 0 Å². The van der Waals surface area contributed by atoms with E-state index in [4.69, 9.17) is 18.6 Å². The summed E-state index contributed by atoms with van der Waals surface area (Å²) in [5, 5.41) is 0.328. The summed E-state index contributed by atoms with van der Waals surface area (Å²) in [4.78, 5) is 12.7. The molecule has 0 amide bonds. The maximum absolute atomic E-state index is 12.7. The van der Waals surface area contributed by atoms with Crippen molar-refractivity contribution in [1.29, 1.82) is 0 Å². The summed E-state index contributed by atoms with van der Waals surface area (Å²) < 4.78 is 22.0. The molecule has 0 unspecified atom stereocenters. The fourth-order valence-corrected chi connectivity index (χ4v) is 2.83. The summed E-state index contributed by atoms with van der Waals surface area (Å²) >= 11 is 0. The van der Waals surface area contributed by atoms with Crippen LogP contribution in [0.3, 0.4) is 0 Å². The first kappa shape index (κ1) is 16.9. The van der Waals surface area contributed by atoms with E-state index in [0.29, 0.717) is 34.0 Å². The van der Waals surface area contributed by atoms with Crippen molar-refractivity contribution in [3.63, 3.8) is 0 Å². The summed E-state index contributed by atoms with van der Waals surface area (Å²) in [6, 6.07) is 11.0. The average Bonchev–Trinajstić information content (AvgIpc) is 2.66. The minimum atomic E-state index is -0.200. The van der Waals surface area contributed by atoms with Crippen LogP contribution in [0.2, 0.25) is 0 Å². The Morgan fingerprint density at radius 3 is 2.16 bits per heavy atom. The summed E-state index contributed by atoms with van der Waals surface area (Å²) in [7, 11) is 4.50. The smallest absolute Gasteiger partial charge is 0.204 e. The molecule has 130 valence electrons. The van der Waals surface area contributed by atoms with Crippen LogP contribution < -0.4 is 19.6 Å². The van der Waals surface area contributed by atoms with Crippen molar-refractivity contribution in [1.82, 2.24) is 0 Å². The van der Waals surface area contributed by atoms with Gasteiger partial charge in [0.25, 0.3) is 0 Å². The molecule has 25 heavy (non-hydrogen) atoms. The van der Waals surface area contributed by atoms with Crippen molar-refractivity contribution in [3.05, 3.63) is 52.2 Å². The summed E-state index contributed by atoms with van der Waals surface area (Å²) in [6.07, 6.45) is 0.955. The van der Waals surface area contributed by atoms with Gasteiger partial charge in [-0.2, -0.15) is 0 Å². The number of aryl methyl sites for hydroxylation is 1. The molecule has 3 rings (SSSR count). The van der Waals surface area contributed by atoms with Crippen molar-refractivity contribution < 1.29 is 18.6 Å². The maximum Gasteiger partial charge on any atom is 0.204 e. The second-order valence-corrected chi connectivity index (χ2v) is 5.54. The lowest BCUT2D eigenvalue weighted by Crippen LogP contribution is -2.05. The average molecular weight is 340 g/mol. The van der Waals surface area contributed by atoms with Crippen molar-refractivity contribution in [2.24, 2.45) is 0 Å². The Hall–Kier alpha value is -2.95. The molecule has 0 aliphatic heterocycles. The van der Waals surface area contributed by atoms with E-state index in [2.05, 4.69) is 6.92 Å². The topological polar surface area (TPSA) is 57.9 Å². The highest BCUT2D eigenvalue weighted by Crippen LogP contribution is 2.42. The zero-order chi connectivity index (χ0) is 18.0. The van der Waals surface area contributed by atoms with Gasteiger partial charge in [0, 0.05) is 17.7 Å². The van der Waals surface area contributed by atoms with Crippen LogP contribution in [-0.4, -0.2) is 21.3 Å². The largest absolute Gasteiger partial charge is 0.493 e. The van der Waals surface area contributed by atoms with Crippen LogP contribution in [0.15, 0.2) is 45.6 Å². The van der Waals surface area contributed by atoms with E-state index in [9.17, 15) is 4.79 Å². The Morgan fingerprint density at radius 1 is 0.920 bits per heavy atom. The van der Waals surface area contributed by atoms with Crippen molar-refractivity contribution >= 4 is 11.0 Å². The zero-order valence-electron chi connectivity index (χ0n) is 14.7. The molecule has 0 N–H and O–H groups in total. The number of rotatable bonds is 5. The first-order chi connectivity index (χ1) is 12.1. The first-order valence-electron chi connectivity index (χ1n) is 7.99. The molecule has 0 atom stereocenters. The Kier molecular flexibility index (Phi) is 4.65. The van der Waals surface area contributed by atoms with Gasteiger partial charge in [0.1, 0.15) is 16.7 Å². The fraction of sp³-hybridized carbons (Fsp3) is 0.250. The molecule has 0 aliphatic carbocycles. The van der Waals surface area contributed by atoms with E-state index in [0.717, 1.165) is 12.0 Å². The molecule has 0 saturated carbocycles. The molecule has 2 aromatic carbocycles. The van der Waals surface area contributed by atoms with Gasteiger partial charge in [-0.25, -0.2) is 0 Å². The molecule has 5 nitrogen and oxygen atoms in total. The molecule has 0 radical (unpaired) electrons. The highest BCUT2D eigenvalue weighted by atomic mass is 16.5. The molecule has 5 heteroatoms. The van der Waals surface area contributed by atoms with E-state index >= 15 is 0 Å². The van der Waals surface area contributed by atoms with Gasteiger partial charge in [0.05, 0.1) is 21.3 Å². The van der Waals surface area contributed by atoms with Crippen LogP contribution in [0.4, 0.5) is 0 Å². The predicted octanol–water partition coefficient (Wildman–Crippen LogP) is 4.05. The number of fused-ring (bicyclic) bond motifs is 1. The minimum absolute atomic E-state index is 0.200. The lowest BCUT2D eigenvalue weighted by Gasteiger charge is -2.14. The van der Waals surface area contributed by atoms with Crippen LogP contribution in [0, 0.1) is 0 Å². The number of benzene rings is 2. The van der Waals surface area contributed by atoms with E-state index in [1.807, 2.05) is 24.3 Å². The first-order valence-corrected chi connectivity index (χ1v) is 7.99. The highest BCUT2D eigenvalue weighted by Gasteiger charge is 2.20. The van der Waals surface area contributed by atoms with E-state index < -0.39 is 0 Å². The van der Waals surface area contributed by atoms with E-state index in [1.165, 1.54) is 33.0 Å². The van der Waals surface area contributed by atoms with E-state index in [-0.39, 0.29) is 5.43 Å². The number of hydrogen-bond donors (Lipinski definition) is 0. The molecule has 0 aliphatic rings. The van der Waals surface area contributed by atoms with Gasteiger partial charge in [-0.15, -0.1) is 0 Å². The Balaban J connectivity index is 2.26. The Morgan fingerprint density at radius 2 is 1.60 bits per heavy atom. The number of ether oxygens (including phenoxy) is 3. The van der Waals surface area contributed by atoms with Gasteiger partial charge in [0.2, 0.25) is 5.75 Å². The third-order valence-corrected chi connectivity index (χ3v) is 4.17. The Bertz CT molecular complexity index is 954. The standard InChI is InChI=1S/C20H20O5/c1-5-12-6-8-13(9-7-12)15-10-14(21)18-16(25-15)11-17(22-2)19(23-3)20(18)24-4/h6-11H,5H2,1-4H3. The molecule has 0 fully saturated rings. The van der Waals surface area contributed by atoms with Crippen LogP contribution >= 0.6 is 0 Å². The quantitative estimate of drug-likeness (QED) is 0.701. The molecule has 3 aromatic rings. The van der Waals surface area contributed by atoms with Crippen molar-refractivity contribution in [2.45, 2.75) is 13.3 Å². The molecule has 1 heterocycles. The number of methoxy groups -OCH3 is 3. The monoisotopic (exact) mass is 340 g/mol. The lowest BCUT2D eigenvalue weighted by atomic mass is 10.1. The van der Waals surface area contributed by atoms with Gasteiger partial charge in [0.15, 0.2) is 16.9 Å². The molecule has 0 spiro atoms. The summed E-state index contributed by atoms with van der Waals surface area (Å²) in [6.45, 7) is 2.09. The van der Waals surface area contributed by atoms with Gasteiger partial charge in [-0.1, -0.05) is 31.2 Å². The zero-order valence-corrected chi connectivity index (χ0v) is 14.7. The SMILES string of the molecule is CCc1ccc(-c2cc(=O)c3c(OC)c(OC)c(OC)cc3o2)cc1. The van der Waals surface area contributed by atoms with Crippen molar-refractivity contribution in [2.75, 3.05) is 21.3 Å². The van der Waals surface area contributed by atoms with Crippen molar-refractivity contribution in [3.8, 4) is 28.6 Å². The van der Waals surface area contributed by atoms with Gasteiger partial charge in [-0.05, 0) is 12.0 Å². The van der Waals surface area contributed by atoms with E-state index in [1.54, 1.807) is 6.07 Å². The second-order valence-electron chi connectivity index (χ2n) is 5.54. The lowest BCUT2D eigenvalue weighted by molar-refractivity contribution is 0.326. The summed E-state index contributed by atoms with van der Waals surface area (Å²) in [5.74, 6) is 1.60. The molecule has 0 bridgehead atoms. The second kappa shape index (κ2) is 6.89. The van der Waals surface area contributed by atoms with Crippen LogP contribution in [-0.2, 0) is 6.42 Å². The molecular formula is C20H20O5. The highest BCUT2D eigenvalue weighted by molar-refractivity contribution is 5.90.